The van der Waals surface area contributed by atoms with Gasteiger partial charge < -0.3 is 20.4 Å². The molecule has 2 aromatic carbocycles. The van der Waals surface area contributed by atoms with Crippen LogP contribution in [0.2, 0.25) is 0 Å². The number of carbonyl (C=O) groups is 3. The molecule has 2 aliphatic heterocycles. The van der Waals surface area contributed by atoms with Crippen LogP contribution in [0.4, 0.5) is 11.4 Å². The van der Waals surface area contributed by atoms with Crippen LogP contribution in [0, 0.1) is 0 Å². The molecule has 0 radical (unpaired) electrons. The Morgan fingerprint density at radius 1 is 0.971 bits per heavy atom. The number of hydrogen-bond donors (Lipinski definition) is 2. The number of rotatable bonds is 7. The first-order valence-electron chi connectivity index (χ1n) is 12.3. The minimum Gasteiger partial charge on any atom is -0.372 e. The molecule has 0 spiro atoms. The molecule has 0 aliphatic carbocycles. The minimum absolute atomic E-state index is 0.0355. The molecule has 2 fully saturated rings. The summed E-state index contributed by atoms with van der Waals surface area (Å²) in [5, 5.41) is 6.00. The summed E-state index contributed by atoms with van der Waals surface area (Å²) in [5.41, 5.74) is 2.85. The Hall–Kier alpha value is -3.39. The van der Waals surface area contributed by atoms with Crippen molar-refractivity contribution < 1.29 is 14.4 Å². The second-order valence-electron chi connectivity index (χ2n) is 9.61. The topological polar surface area (TPSA) is 85.0 Å². The number of benzene rings is 2. The fourth-order valence-electron chi connectivity index (χ4n) is 5.25. The van der Waals surface area contributed by atoms with E-state index in [1.165, 1.54) is 25.5 Å². The lowest BCUT2D eigenvalue weighted by molar-refractivity contribution is -0.134. The Kier molecular flexibility index (Phi) is 7.70. The molecule has 8 heteroatoms. The molecule has 3 amide bonds. The van der Waals surface area contributed by atoms with Crippen LogP contribution in [0.25, 0.3) is 0 Å². The number of likely N-dealkylation sites (N-methyl/N-ethyl adjacent to an activating group) is 1. The summed E-state index contributed by atoms with van der Waals surface area (Å²) in [5.74, 6) is -0.433. The predicted molar refractivity (Wildman–Crippen MR) is 137 cm³/mol. The van der Waals surface area contributed by atoms with Crippen LogP contribution < -0.4 is 15.5 Å². The third-order valence-electron chi connectivity index (χ3n) is 6.82. The molecule has 0 bridgehead atoms. The van der Waals surface area contributed by atoms with Crippen LogP contribution in [0.1, 0.15) is 37.8 Å². The molecule has 186 valence electrons. The highest BCUT2D eigenvalue weighted by Crippen LogP contribution is 2.37. The highest BCUT2D eigenvalue weighted by Gasteiger charge is 2.46. The van der Waals surface area contributed by atoms with Gasteiger partial charge in [0, 0.05) is 45.5 Å². The van der Waals surface area contributed by atoms with E-state index < -0.39 is 6.04 Å². The van der Waals surface area contributed by atoms with E-state index in [0.29, 0.717) is 6.42 Å². The Labute approximate surface area is 207 Å². The van der Waals surface area contributed by atoms with Crippen molar-refractivity contribution in [3.8, 4) is 0 Å². The number of anilines is 2. The maximum atomic E-state index is 13.2. The van der Waals surface area contributed by atoms with Gasteiger partial charge in [-0.15, -0.1) is 0 Å². The Morgan fingerprint density at radius 3 is 2.23 bits per heavy atom. The monoisotopic (exact) mass is 477 g/mol. The largest absolute Gasteiger partial charge is 0.372 e. The van der Waals surface area contributed by atoms with Gasteiger partial charge in [-0.05, 0) is 49.1 Å². The summed E-state index contributed by atoms with van der Waals surface area (Å²) in [6.45, 7) is 3.65. The molecular weight excluding hydrogens is 442 g/mol. The van der Waals surface area contributed by atoms with Gasteiger partial charge in [0.15, 0.2) is 0 Å². The molecule has 3 atom stereocenters. The van der Waals surface area contributed by atoms with Crippen molar-refractivity contribution in [3.05, 3.63) is 60.2 Å². The molecule has 2 aromatic rings. The van der Waals surface area contributed by atoms with Crippen molar-refractivity contribution in [2.24, 2.45) is 0 Å². The van der Waals surface area contributed by atoms with Crippen molar-refractivity contribution in [2.75, 3.05) is 43.9 Å². The van der Waals surface area contributed by atoms with E-state index in [-0.39, 0.29) is 36.3 Å². The average Bonchev–Trinajstić information content (AvgIpc) is 3.48. The van der Waals surface area contributed by atoms with Crippen LogP contribution in [0.5, 0.6) is 0 Å². The van der Waals surface area contributed by atoms with E-state index in [2.05, 4.69) is 15.5 Å². The third kappa shape index (κ3) is 5.82. The summed E-state index contributed by atoms with van der Waals surface area (Å²) >= 11 is 0. The standard InChI is InChI=1S/C27H35N5O3/c1-19(33)28-23-17-24(27(35)30(2)3)32(26(23)20-9-5-4-6-10-20)18-25(34)29-21-11-13-22(14-12-21)31-15-7-8-16-31/h4-6,9-14,23-24,26H,7-8,15-18H2,1-3H3,(H,28,33)(H,29,34)/t23-,24-,26-/m0/s1. The number of nitrogens with zero attached hydrogens (tertiary/aromatic N) is 3. The second-order valence-corrected chi connectivity index (χ2v) is 9.61. The summed E-state index contributed by atoms with van der Waals surface area (Å²) in [4.78, 5) is 44.1. The normalized spacial score (nSPS) is 22.1. The van der Waals surface area contributed by atoms with Gasteiger partial charge in [-0.1, -0.05) is 30.3 Å². The van der Waals surface area contributed by atoms with E-state index in [1.807, 2.05) is 59.5 Å². The van der Waals surface area contributed by atoms with Crippen molar-refractivity contribution in [1.82, 2.24) is 15.1 Å². The number of hydrogen-bond acceptors (Lipinski definition) is 5. The highest BCUT2D eigenvalue weighted by atomic mass is 16.2. The van der Waals surface area contributed by atoms with Gasteiger partial charge >= 0.3 is 0 Å². The van der Waals surface area contributed by atoms with E-state index in [1.54, 1.807) is 19.0 Å². The third-order valence-corrected chi connectivity index (χ3v) is 6.82. The molecule has 35 heavy (non-hydrogen) atoms. The Bertz CT molecular complexity index is 1030. The molecule has 0 aromatic heterocycles. The lowest BCUT2D eigenvalue weighted by Gasteiger charge is -2.31. The maximum Gasteiger partial charge on any atom is 0.239 e. The smallest absolute Gasteiger partial charge is 0.239 e. The van der Waals surface area contributed by atoms with Crippen molar-refractivity contribution in [2.45, 2.75) is 44.3 Å². The molecule has 2 N–H and O–H groups in total. The molecule has 4 rings (SSSR count). The van der Waals surface area contributed by atoms with Gasteiger partial charge in [-0.2, -0.15) is 0 Å². The minimum atomic E-state index is -0.518. The predicted octanol–water partition coefficient (Wildman–Crippen LogP) is 2.63. The molecule has 8 nitrogen and oxygen atoms in total. The van der Waals surface area contributed by atoms with Crippen LogP contribution in [0.15, 0.2) is 54.6 Å². The SMILES string of the molecule is CC(=O)N[C@H]1C[C@@H](C(=O)N(C)C)N(CC(=O)Nc2ccc(N3CCCC3)cc2)[C@H]1c1ccccc1. The van der Waals surface area contributed by atoms with Crippen LogP contribution in [-0.4, -0.2) is 73.3 Å². The zero-order valence-corrected chi connectivity index (χ0v) is 20.7. The van der Waals surface area contributed by atoms with Gasteiger partial charge in [0.05, 0.1) is 24.7 Å². The van der Waals surface area contributed by atoms with E-state index in [9.17, 15) is 14.4 Å². The molecule has 2 aliphatic rings. The maximum absolute atomic E-state index is 13.2. The van der Waals surface area contributed by atoms with E-state index in [0.717, 1.165) is 24.3 Å². The van der Waals surface area contributed by atoms with E-state index >= 15 is 0 Å². The Balaban J connectivity index is 1.54. The first-order valence-corrected chi connectivity index (χ1v) is 12.3. The first-order chi connectivity index (χ1) is 16.8. The zero-order valence-electron chi connectivity index (χ0n) is 20.7. The number of likely N-dealkylation sites (tertiary alicyclic amines) is 1. The van der Waals surface area contributed by atoms with Gasteiger partial charge in [0.25, 0.3) is 0 Å². The lowest BCUT2D eigenvalue weighted by Crippen LogP contribution is -2.46. The quantitative estimate of drug-likeness (QED) is 0.641. The molecule has 2 heterocycles. The lowest BCUT2D eigenvalue weighted by atomic mass is 9.99. The summed E-state index contributed by atoms with van der Waals surface area (Å²) in [6.07, 6.45) is 2.86. The fraction of sp³-hybridized carbons (Fsp3) is 0.444. The summed E-state index contributed by atoms with van der Waals surface area (Å²) in [6, 6.07) is 16.6. The number of amides is 3. The van der Waals surface area contributed by atoms with Crippen molar-refractivity contribution in [1.29, 1.82) is 0 Å². The fourth-order valence-corrected chi connectivity index (χ4v) is 5.25. The highest BCUT2D eigenvalue weighted by molar-refractivity contribution is 5.93. The number of nitrogens with one attached hydrogen (secondary N) is 2. The average molecular weight is 478 g/mol. The van der Waals surface area contributed by atoms with E-state index in [4.69, 9.17) is 0 Å². The van der Waals surface area contributed by atoms with Crippen LogP contribution in [0.3, 0.4) is 0 Å². The second kappa shape index (κ2) is 10.9. The first kappa shape index (κ1) is 24.7. The Morgan fingerprint density at radius 2 is 1.63 bits per heavy atom. The van der Waals surface area contributed by atoms with Gasteiger partial charge in [-0.25, -0.2) is 0 Å². The number of carbonyl (C=O) groups excluding carboxylic acids is 3. The summed E-state index contributed by atoms with van der Waals surface area (Å²) in [7, 11) is 3.43. The van der Waals surface area contributed by atoms with Crippen molar-refractivity contribution >= 4 is 29.1 Å². The van der Waals surface area contributed by atoms with Crippen LogP contribution in [-0.2, 0) is 14.4 Å². The molecule has 2 saturated heterocycles. The summed E-state index contributed by atoms with van der Waals surface area (Å²) < 4.78 is 0. The molecule has 0 saturated carbocycles. The molecule has 0 unspecified atom stereocenters. The van der Waals surface area contributed by atoms with Gasteiger partial charge in [0.1, 0.15) is 0 Å². The zero-order chi connectivity index (χ0) is 24.9. The molecular formula is C27H35N5O3. The van der Waals surface area contributed by atoms with Crippen LogP contribution >= 0.6 is 0 Å². The van der Waals surface area contributed by atoms with Gasteiger partial charge in [0.2, 0.25) is 17.7 Å². The van der Waals surface area contributed by atoms with Gasteiger partial charge in [-0.3, -0.25) is 19.3 Å². The van der Waals surface area contributed by atoms with Crippen molar-refractivity contribution in [3.63, 3.8) is 0 Å².